The smallest absolute Gasteiger partial charge is 0.268 e. The van der Waals surface area contributed by atoms with Crippen molar-refractivity contribution in [2.45, 2.75) is 52.5 Å². The number of nitrogens with one attached hydrogen (secondary N) is 2. The number of ketones is 1. The number of benzene rings is 1. The van der Waals surface area contributed by atoms with E-state index >= 15 is 0 Å². The molecule has 26 heavy (non-hydrogen) atoms. The predicted octanol–water partition coefficient (Wildman–Crippen LogP) is 3.71. The summed E-state index contributed by atoms with van der Waals surface area (Å²) < 4.78 is 5.83. The number of carbonyl (C=O) groups excluding carboxylic acids is 2. The molecule has 0 fully saturated rings. The Hall–Kier alpha value is -2.56. The highest BCUT2D eigenvalue weighted by molar-refractivity contribution is 6.04. The molecule has 1 aromatic carbocycles. The zero-order valence-electron chi connectivity index (χ0n) is 15.5. The van der Waals surface area contributed by atoms with Crippen molar-refractivity contribution in [3.05, 3.63) is 51.3 Å². The van der Waals surface area contributed by atoms with Gasteiger partial charge in [-0.2, -0.15) is 0 Å². The van der Waals surface area contributed by atoms with Crippen molar-refractivity contribution in [1.29, 1.82) is 0 Å². The quantitative estimate of drug-likeness (QED) is 0.865. The number of ether oxygens (including phenoxy) is 1. The summed E-state index contributed by atoms with van der Waals surface area (Å²) in [6.45, 7) is 6.53. The third-order valence-electron chi connectivity index (χ3n) is 5.45. The van der Waals surface area contributed by atoms with Gasteiger partial charge in [0.05, 0.1) is 12.6 Å². The lowest BCUT2D eigenvalue weighted by Gasteiger charge is -2.28. The van der Waals surface area contributed by atoms with Gasteiger partial charge in [-0.05, 0) is 44.7 Å². The summed E-state index contributed by atoms with van der Waals surface area (Å²) in [5.41, 5.74) is 6.20. The van der Waals surface area contributed by atoms with E-state index in [1.165, 1.54) is 0 Å². The monoisotopic (exact) mass is 352 g/mol. The lowest BCUT2D eigenvalue weighted by molar-refractivity contribution is 0.0919. The molecule has 1 aliphatic heterocycles. The van der Waals surface area contributed by atoms with Gasteiger partial charge in [0.2, 0.25) is 0 Å². The number of carbonyl (C=O) groups is 2. The average molecular weight is 352 g/mol. The van der Waals surface area contributed by atoms with E-state index in [-0.39, 0.29) is 17.7 Å². The normalized spacial score (nSPS) is 18.7. The zero-order valence-corrected chi connectivity index (χ0v) is 15.5. The van der Waals surface area contributed by atoms with E-state index in [0.717, 1.165) is 58.5 Å². The van der Waals surface area contributed by atoms with Gasteiger partial charge in [0, 0.05) is 29.7 Å². The van der Waals surface area contributed by atoms with Crippen molar-refractivity contribution in [3.8, 4) is 5.75 Å². The molecule has 5 heteroatoms. The first kappa shape index (κ1) is 16.9. The second kappa shape index (κ2) is 6.31. The maximum atomic E-state index is 12.9. The van der Waals surface area contributed by atoms with Gasteiger partial charge in [0.1, 0.15) is 11.4 Å². The topological polar surface area (TPSA) is 71.2 Å². The predicted molar refractivity (Wildman–Crippen MR) is 99.0 cm³/mol. The van der Waals surface area contributed by atoms with Crippen LogP contribution in [0.25, 0.3) is 0 Å². The van der Waals surface area contributed by atoms with Crippen molar-refractivity contribution < 1.29 is 14.3 Å². The van der Waals surface area contributed by atoms with Crippen molar-refractivity contribution in [1.82, 2.24) is 10.3 Å². The fourth-order valence-corrected chi connectivity index (χ4v) is 4.26. The van der Waals surface area contributed by atoms with Gasteiger partial charge in [0.25, 0.3) is 5.91 Å². The molecular weight excluding hydrogens is 328 g/mol. The number of rotatable bonds is 2. The van der Waals surface area contributed by atoms with Gasteiger partial charge in [-0.15, -0.1) is 0 Å². The number of amides is 1. The van der Waals surface area contributed by atoms with Crippen LogP contribution in [0.4, 0.5) is 0 Å². The highest BCUT2D eigenvalue weighted by atomic mass is 16.5. The fourth-order valence-electron chi connectivity index (χ4n) is 4.26. The Kier molecular flexibility index (Phi) is 4.10. The molecule has 136 valence electrons. The van der Waals surface area contributed by atoms with Gasteiger partial charge < -0.3 is 15.0 Å². The second-order valence-corrected chi connectivity index (χ2v) is 7.42. The van der Waals surface area contributed by atoms with Gasteiger partial charge in [-0.25, -0.2) is 0 Å². The van der Waals surface area contributed by atoms with E-state index in [4.69, 9.17) is 4.74 Å². The Morgan fingerprint density at radius 3 is 2.81 bits per heavy atom. The number of hydrogen-bond donors (Lipinski definition) is 2. The number of fused-ring (bicyclic) bond motifs is 2. The van der Waals surface area contributed by atoms with Crippen LogP contribution in [0.3, 0.4) is 0 Å². The van der Waals surface area contributed by atoms with Gasteiger partial charge in [-0.3, -0.25) is 9.59 Å². The third kappa shape index (κ3) is 2.71. The summed E-state index contributed by atoms with van der Waals surface area (Å²) in [6.07, 6.45) is 2.98. The Balaban J connectivity index is 1.64. The second-order valence-electron chi connectivity index (χ2n) is 7.42. The summed E-state index contributed by atoms with van der Waals surface area (Å²) in [5, 5.41) is 3.15. The Labute approximate surface area is 153 Å². The molecule has 2 aromatic rings. The molecule has 0 saturated heterocycles. The van der Waals surface area contributed by atoms with E-state index in [9.17, 15) is 9.59 Å². The molecule has 1 atom stereocenters. The molecule has 0 spiro atoms. The lowest BCUT2D eigenvalue weighted by Crippen LogP contribution is -2.33. The average Bonchev–Trinajstić information content (AvgIpc) is 2.94. The molecule has 2 aliphatic rings. The molecule has 4 rings (SSSR count). The molecule has 5 nitrogen and oxygen atoms in total. The SMILES string of the molecule is Cc1cc(C)c2c(c1)C(NC(=O)c1[nH]c3c(c1C)C(=O)CCC3)CCO2. The largest absolute Gasteiger partial charge is 0.493 e. The Morgan fingerprint density at radius 1 is 1.23 bits per heavy atom. The maximum Gasteiger partial charge on any atom is 0.268 e. The van der Waals surface area contributed by atoms with Crippen LogP contribution in [0.1, 0.15) is 74.1 Å². The van der Waals surface area contributed by atoms with Crippen LogP contribution in [0, 0.1) is 20.8 Å². The highest BCUT2D eigenvalue weighted by Gasteiger charge is 2.29. The van der Waals surface area contributed by atoms with Gasteiger partial charge in [0.15, 0.2) is 5.78 Å². The third-order valence-corrected chi connectivity index (χ3v) is 5.45. The van der Waals surface area contributed by atoms with E-state index in [2.05, 4.69) is 29.4 Å². The number of aromatic nitrogens is 1. The van der Waals surface area contributed by atoms with E-state index in [1.807, 2.05) is 13.8 Å². The van der Waals surface area contributed by atoms with Crippen LogP contribution in [-0.4, -0.2) is 23.3 Å². The van der Waals surface area contributed by atoms with Crippen LogP contribution in [0.15, 0.2) is 12.1 Å². The molecule has 1 aromatic heterocycles. The minimum absolute atomic E-state index is 0.0831. The fraction of sp³-hybridized carbons (Fsp3) is 0.429. The summed E-state index contributed by atoms with van der Waals surface area (Å²) >= 11 is 0. The number of aryl methyl sites for hydroxylation is 3. The molecule has 1 unspecified atom stereocenters. The summed E-state index contributed by atoms with van der Waals surface area (Å²) in [4.78, 5) is 28.4. The Morgan fingerprint density at radius 2 is 2.04 bits per heavy atom. The zero-order chi connectivity index (χ0) is 18.4. The van der Waals surface area contributed by atoms with Crippen molar-refractivity contribution >= 4 is 11.7 Å². The molecule has 0 bridgehead atoms. The van der Waals surface area contributed by atoms with Crippen LogP contribution < -0.4 is 10.1 Å². The first-order valence-electron chi connectivity index (χ1n) is 9.25. The van der Waals surface area contributed by atoms with Crippen LogP contribution in [0.5, 0.6) is 5.75 Å². The van der Waals surface area contributed by atoms with E-state index in [1.54, 1.807) is 0 Å². The first-order valence-corrected chi connectivity index (χ1v) is 9.25. The van der Waals surface area contributed by atoms with Gasteiger partial charge in [-0.1, -0.05) is 17.7 Å². The summed E-state index contributed by atoms with van der Waals surface area (Å²) in [7, 11) is 0. The maximum absolute atomic E-state index is 12.9. The van der Waals surface area contributed by atoms with Crippen molar-refractivity contribution in [2.24, 2.45) is 0 Å². The number of Topliss-reactive ketones (excluding diaryl/α,β-unsaturated/α-hetero) is 1. The standard InChI is InChI=1S/C21H24N2O3/c1-11-9-12(2)20-14(10-11)15(7-8-26-20)23-21(25)19-13(3)18-16(22-19)5-4-6-17(18)24/h9-10,15,22H,4-8H2,1-3H3,(H,23,25). The minimum atomic E-state index is -0.151. The first-order chi connectivity index (χ1) is 12.5. The van der Waals surface area contributed by atoms with Gasteiger partial charge >= 0.3 is 0 Å². The molecule has 2 heterocycles. The molecule has 2 N–H and O–H groups in total. The lowest BCUT2D eigenvalue weighted by atomic mass is 9.93. The van der Waals surface area contributed by atoms with Crippen LogP contribution >= 0.6 is 0 Å². The van der Waals surface area contributed by atoms with Crippen molar-refractivity contribution in [3.63, 3.8) is 0 Å². The van der Waals surface area contributed by atoms with E-state index in [0.29, 0.717) is 18.7 Å². The van der Waals surface area contributed by atoms with Crippen LogP contribution in [0.2, 0.25) is 0 Å². The van der Waals surface area contributed by atoms with Crippen molar-refractivity contribution in [2.75, 3.05) is 6.61 Å². The Bertz CT molecular complexity index is 910. The van der Waals surface area contributed by atoms with E-state index < -0.39 is 0 Å². The number of hydrogen-bond acceptors (Lipinski definition) is 3. The summed E-state index contributed by atoms with van der Waals surface area (Å²) in [5.74, 6) is 0.869. The molecule has 1 aliphatic carbocycles. The number of aromatic amines is 1. The summed E-state index contributed by atoms with van der Waals surface area (Å²) in [6, 6.07) is 4.10. The molecular formula is C21H24N2O3. The molecule has 1 amide bonds. The number of H-pyrrole nitrogens is 1. The highest BCUT2D eigenvalue weighted by Crippen LogP contribution is 2.36. The minimum Gasteiger partial charge on any atom is -0.493 e. The van der Waals surface area contributed by atoms with Crippen LogP contribution in [-0.2, 0) is 6.42 Å². The molecule has 0 radical (unpaired) electrons. The molecule has 0 saturated carbocycles.